The number of anilines is 1. The SMILES string of the molecule is Cc1cccc2c(N3CCC(Cn4ccnn4)CC3)ccnc12. The minimum Gasteiger partial charge on any atom is -0.371 e. The minimum absolute atomic E-state index is 0.683. The van der Waals surface area contributed by atoms with Gasteiger partial charge in [-0.3, -0.25) is 9.67 Å². The Morgan fingerprint density at radius 2 is 2.00 bits per heavy atom. The molecule has 1 fully saturated rings. The normalized spacial score (nSPS) is 16.1. The van der Waals surface area contributed by atoms with Crippen molar-refractivity contribution in [3.8, 4) is 0 Å². The number of pyridine rings is 1. The van der Waals surface area contributed by atoms with Crippen LogP contribution in [-0.2, 0) is 6.54 Å². The van der Waals surface area contributed by atoms with Gasteiger partial charge >= 0.3 is 0 Å². The number of hydrogen-bond donors (Lipinski definition) is 0. The van der Waals surface area contributed by atoms with Crippen molar-refractivity contribution in [3.63, 3.8) is 0 Å². The van der Waals surface area contributed by atoms with Crippen LogP contribution in [0, 0.1) is 12.8 Å². The standard InChI is InChI=1S/C18H21N5/c1-14-3-2-4-16-17(5-8-19-18(14)16)22-10-6-15(7-11-22)13-23-12-9-20-21-23/h2-5,8-9,12,15H,6-7,10-11,13H2,1H3. The zero-order chi connectivity index (χ0) is 15.6. The van der Waals surface area contributed by atoms with E-state index >= 15 is 0 Å². The molecule has 0 radical (unpaired) electrons. The summed E-state index contributed by atoms with van der Waals surface area (Å²) in [6.07, 6.45) is 8.02. The Hall–Kier alpha value is -2.43. The van der Waals surface area contributed by atoms with Crippen molar-refractivity contribution in [2.75, 3.05) is 18.0 Å². The van der Waals surface area contributed by atoms with E-state index in [4.69, 9.17) is 0 Å². The van der Waals surface area contributed by atoms with Gasteiger partial charge in [0.2, 0.25) is 0 Å². The van der Waals surface area contributed by atoms with E-state index in [1.807, 2.05) is 17.1 Å². The lowest BCUT2D eigenvalue weighted by Crippen LogP contribution is -2.35. The summed E-state index contributed by atoms with van der Waals surface area (Å²) in [5, 5.41) is 9.24. The molecule has 3 heterocycles. The molecule has 5 nitrogen and oxygen atoms in total. The Morgan fingerprint density at radius 3 is 2.78 bits per heavy atom. The summed E-state index contributed by atoms with van der Waals surface area (Å²) in [6, 6.07) is 8.59. The number of nitrogens with zero attached hydrogens (tertiary/aromatic N) is 5. The Labute approximate surface area is 135 Å². The van der Waals surface area contributed by atoms with Crippen LogP contribution in [0.1, 0.15) is 18.4 Å². The van der Waals surface area contributed by atoms with E-state index in [0.29, 0.717) is 5.92 Å². The largest absolute Gasteiger partial charge is 0.371 e. The van der Waals surface area contributed by atoms with Crippen LogP contribution in [0.2, 0.25) is 0 Å². The Balaban J connectivity index is 1.51. The highest BCUT2D eigenvalue weighted by atomic mass is 15.4. The van der Waals surface area contributed by atoms with E-state index in [1.54, 1.807) is 6.20 Å². The second-order valence-corrected chi connectivity index (χ2v) is 6.36. The van der Waals surface area contributed by atoms with E-state index in [2.05, 4.69) is 51.4 Å². The second kappa shape index (κ2) is 5.99. The molecule has 0 unspecified atom stereocenters. The van der Waals surface area contributed by atoms with Crippen LogP contribution in [0.15, 0.2) is 42.9 Å². The summed E-state index contributed by atoms with van der Waals surface area (Å²) in [4.78, 5) is 7.06. The first-order chi connectivity index (χ1) is 11.3. The number of benzene rings is 1. The van der Waals surface area contributed by atoms with E-state index in [9.17, 15) is 0 Å². The molecule has 0 aliphatic carbocycles. The average molecular weight is 307 g/mol. The molecule has 1 saturated heterocycles. The van der Waals surface area contributed by atoms with Crippen LogP contribution in [0.25, 0.3) is 10.9 Å². The first-order valence-corrected chi connectivity index (χ1v) is 8.24. The highest BCUT2D eigenvalue weighted by Gasteiger charge is 2.21. The van der Waals surface area contributed by atoms with Gasteiger partial charge in [-0.2, -0.15) is 0 Å². The fraction of sp³-hybridized carbons (Fsp3) is 0.389. The summed E-state index contributed by atoms with van der Waals surface area (Å²) < 4.78 is 1.95. The lowest BCUT2D eigenvalue weighted by molar-refractivity contribution is 0.339. The van der Waals surface area contributed by atoms with E-state index in [-0.39, 0.29) is 0 Å². The zero-order valence-electron chi connectivity index (χ0n) is 13.4. The fourth-order valence-corrected chi connectivity index (χ4v) is 3.54. The highest BCUT2D eigenvalue weighted by molar-refractivity contribution is 5.93. The topological polar surface area (TPSA) is 46.8 Å². The molecule has 2 aromatic heterocycles. The van der Waals surface area contributed by atoms with Gasteiger partial charge in [-0.05, 0) is 37.3 Å². The summed E-state index contributed by atoms with van der Waals surface area (Å²) in [7, 11) is 0. The van der Waals surface area contributed by atoms with Crippen molar-refractivity contribution < 1.29 is 0 Å². The van der Waals surface area contributed by atoms with Crippen molar-refractivity contribution >= 4 is 16.6 Å². The van der Waals surface area contributed by atoms with Crippen LogP contribution >= 0.6 is 0 Å². The van der Waals surface area contributed by atoms with Gasteiger partial charge in [-0.1, -0.05) is 23.4 Å². The smallest absolute Gasteiger partial charge is 0.0751 e. The third kappa shape index (κ3) is 2.79. The van der Waals surface area contributed by atoms with Crippen LogP contribution in [0.5, 0.6) is 0 Å². The molecule has 4 rings (SSSR count). The van der Waals surface area contributed by atoms with E-state index in [1.165, 1.54) is 29.5 Å². The van der Waals surface area contributed by atoms with Gasteiger partial charge in [0.05, 0.1) is 11.7 Å². The zero-order valence-corrected chi connectivity index (χ0v) is 13.4. The number of para-hydroxylation sites is 1. The van der Waals surface area contributed by atoms with Crippen LogP contribution in [0.4, 0.5) is 5.69 Å². The maximum atomic E-state index is 4.56. The molecule has 3 aromatic rings. The summed E-state index contributed by atoms with van der Waals surface area (Å²) in [6.45, 7) is 5.28. The molecule has 0 amide bonds. The summed E-state index contributed by atoms with van der Waals surface area (Å²) >= 11 is 0. The number of aromatic nitrogens is 4. The van der Waals surface area contributed by atoms with Crippen molar-refractivity contribution in [2.45, 2.75) is 26.3 Å². The predicted octanol–water partition coefficient (Wildman–Crippen LogP) is 3.05. The minimum atomic E-state index is 0.683. The number of hydrogen-bond acceptors (Lipinski definition) is 4. The third-order valence-corrected chi connectivity index (χ3v) is 4.82. The van der Waals surface area contributed by atoms with Crippen LogP contribution < -0.4 is 4.90 Å². The molecular weight excluding hydrogens is 286 g/mol. The molecule has 5 heteroatoms. The molecule has 0 spiro atoms. The van der Waals surface area contributed by atoms with Gasteiger partial charge in [-0.25, -0.2) is 0 Å². The molecule has 23 heavy (non-hydrogen) atoms. The van der Waals surface area contributed by atoms with Gasteiger partial charge in [-0.15, -0.1) is 5.10 Å². The Bertz CT molecular complexity index is 788. The van der Waals surface area contributed by atoms with Gasteiger partial charge in [0.1, 0.15) is 0 Å². The first kappa shape index (κ1) is 14.2. The molecule has 1 aliphatic rings. The molecule has 0 bridgehead atoms. The van der Waals surface area contributed by atoms with Crippen molar-refractivity contribution in [3.05, 3.63) is 48.4 Å². The number of fused-ring (bicyclic) bond motifs is 1. The predicted molar refractivity (Wildman–Crippen MR) is 91.4 cm³/mol. The molecule has 0 atom stereocenters. The van der Waals surface area contributed by atoms with E-state index < -0.39 is 0 Å². The monoisotopic (exact) mass is 307 g/mol. The van der Waals surface area contributed by atoms with Crippen LogP contribution in [0.3, 0.4) is 0 Å². The fourth-order valence-electron chi connectivity index (χ4n) is 3.54. The number of piperidine rings is 1. The second-order valence-electron chi connectivity index (χ2n) is 6.36. The number of rotatable bonds is 3. The van der Waals surface area contributed by atoms with Crippen LogP contribution in [-0.4, -0.2) is 33.1 Å². The molecule has 0 N–H and O–H groups in total. The van der Waals surface area contributed by atoms with Crippen molar-refractivity contribution in [2.24, 2.45) is 5.92 Å². The van der Waals surface area contributed by atoms with Crippen molar-refractivity contribution in [1.29, 1.82) is 0 Å². The molecule has 1 aromatic carbocycles. The molecule has 0 saturated carbocycles. The van der Waals surface area contributed by atoms with Gasteiger partial charge in [0, 0.05) is 43.1 Å². The lowest BCUT2D eigenvalue weighted by atomic mass is 9.96. The maximum absolute atomic E-state index is 4.56. The Morgan fingerprint density at radius 1 is 1.13 bits per heavy atom. The lowest BCUT2D eigenvalue weighted by Gasteiger charge is -2.34. The molecule has 1 aliphatic heterocycles. The van der Waals surface area contributed by atoms with Gasteiger partial charge in [0.15, 0.2) is 0 Å². The summed E-state index contributed by atoms with van der Waals surface area (Å²) in [5.41, 5.74) is 3.68. The Kier molecular flexibility index (Phi) is 3.69. The van der Waals surface area contributed by atoms with Gasteiger partial charge < -0.3 is 4.90 Å². The average Bonchev–Trinajstić information content (AvgIpc) is 3.09. The molecule has 118 valence electrons. The number of aryl methyl sites for hydroxylation is 1. The van der Waals surface area contributed by atoms with Crippen molar-refractivity contribution in [1.82, 2.24) is 20.0 Å². The van der Waals surface area contributed by atoms with Gasteiger partial charge in [0.25, 0.3) is 0 Å². The highest BCUT2D eigenvalue weighted by Crippen LogP contribution is 2.30. The quantitative estimate of drug-likeness (QED) is 0.746. The molecular formula is C18H21N5. The third-order valence-electron chi connectivity index (χ3n) is 4.82. The summed E-state index contributed by atoms with van der Waals surface area (Å²) in [5.74, 6) is 0.683. The maximum Gasteiger partial charge on any atom is 0.0751 e. The first-order valence-electron chi connectivity index (χ1n) is 8.24. The van der Waals surface area contributed by atoms with E-state index in [0.717, 1.165) is 25.2 Å².